The summed E-state index contributed by atoms with van der Waals surface area (Å²) in [6.07, 6.45) is 1.98. The Morgan fingerprint density at radius 3 is 2.24 bits per heavy atom. The Labute approximate surface area is 107 Å². The predicted octanol–water partition coefficient (Wildman–Crippen LogP) is 0.748. The van der Waals surface area contributed by atoms with Crippen molar-refractivity contribution in [3.8, 4) is 0 Å². The minimum absolute atomic E-state index is 0.0466. The summed E-state index contributed by atoms with van der Waals surface area (Å²) in [7, 11) is 4.19. The first-order chi connectivity index (χ1) is 7.82. The maximum absolute atomic E-state index is 9.22. The van der Waals surface area contributed by atoms with Crippen molar-refractivity contribution in [1.29, 1.82) is 0 Å². The molecule has 0 aliphatic heterocycles. The van der Waals surface area contributed by atoms with Gasteiger partial charge in [-0.3, -0.25) is 4.90 Å². The van der Waals surface area contributed by atoms with Crippen LogP contribution >= 0.6 is 0 Å². The molecule has 0 aliphatic carbocycles. The SMILES string of the molecule is CCCN(CCN(C)C)C(C)CC(C)(N)CO. The van der Waals surface area contributed by atoms with E-state index in [9.17, 15) is 5.11 Å². The largest absolute Gasteiger partial charge is 0.394 e. The smallest absolute Gasteiger partial charge is 0.0609 e. The zero-order valence-electron chi connectivity index (χ0n) is 12.2. The molecule has 0 rings (SSSR count). The maximum Gasteiger partial charge on any atom is 0.0609 e. The van der Waals surface area contributed by atoms with Gasteiger partial charge in [-0.25, -0.2) is 0 Å². The number of nitrogens with zero attached hydrogens (tertiary/aromatic N) is 2. The molecule has 0 saturated carbocycles. The Morgan fingerprint density at radius 1 is 1.24 bits per heavy atom. The van der Waals surface area contributed by atoms with E-state index in [0.717, 1.165) is 32.5 Å². The molecule has 0 aromatic carbocycles. The highest BCUT2D eigenvalue weighted by Gasteiger charge is 2.23. The second-order valence-electron chi connectivity index (χ2n) is 5.70. The molecule has 0 radical (unpaired) electrons. The van der Waals surface area contributed by atoms with Gasteiger partial charge in [-0.15, -0.1) is 0 Å². The van der Waals surface area contributed by atoms with Gasteiger partial charge in [-0.05, 0) is 47.3 Å². The molecule has 0 heterocycles. The van der Waals surface area contributed by atoms with Crippen LogP contribution in [0, 0.1) is 0 Å². The normalized spacial score (nSPS) is 17.5. The number of aliphatic hydroxyl groups is 1. The van der Waals surface area contributed by atoms with Crippen LogP contribution < -0.4 is 5.73 Å². The van der Waals surface area contributed by atoms with Gasteiger partial charge in [-0.2, -0.15) is 0 Å². The number of aliphatic hydroxyl groups excluding tert-OH is 1. The van der Waals surface area contributed by atoms with Crippen molar-refractivity contribution < 1.29 is 5.11 Å². The van der Waals surface area contributed by atoms with Crippen LogP contribution in [0.3, 0.4) is 0 Å². The zero-order chi connectivity index (χ0) is 13.5. The molecule has 3 N–H and O–H groups in total. The lowest BCUT2D eigenvalue weighted by Gasteiger charge is -2.34. The van der Waals surface area contributed by atoms with Gasteiger partial charge in [0.1, 0.15) is 0 Å². The van der Waals surface area contributed by atoms with Crippen LogP contribution in [0.4, 0.5) is 0 Å². The third-order valence-electron chi connectivity index (χ3n) is 3.09. The highest BCUT2D eigenvalue weighted by atomic mass is 16.3. The first kappa shape index (κ1) is 16.8. The fourth-order valence-electron chi connectivity index (χ4n) is 2.04. The molecule has 0 bridgehead atoms. The molecule has 0 spiro atoms. The van der Waals surface area contributed by atoms with Crippen LogP contribution in [0.25, 0.3) is 0 Å². The van der Waals surface area contributed by atoms with Gasteiger partial charge in [0.2, 0.25) is 0 Å². The second kappa shape index (κ2) is 8.03. The van der Waals surface area contributed by atoms with Crippen molar-refractivity contribution in [2.45, 2.75) is 45.2 Å². The third kappa shape index (κ3) is 7.71. The van der Waals surface area contributed by atoms with Gasteiger partial charge < -0.3 is 15.7 Å². The van der Waals surface area contributed by atoms with Crippen LogP contribution in [0.15, 0.2) is 0 Å². The van der Waals surface area contributed by atoms with E-state index in [-0.39, 0.29) is 6.61 Å². The zero-order valence-corrected chi connectivity index (χ0v) is 12.2. The lowest BCUT2D eigenvalue weighted by atomic mass is 9.95. The molecule has 2 atom stereocenters. The summed E-state index contributed by atoms with van der Waals surface area (Å²) in [6, 6.07) is 0.414. The number of hydrogen-bond donors (Lipinski definition) is 2. The molecule has 2 unspecified atom stereocenters. The van der Waals surface area contributed by atoms with Crippen molar-refractivity contribution in [3.05, 3.63) is 0 Å². The first-order valence-electron chi connectivity index (χ1n) is 6.61. The molecule has 0 aromatic rings. The van der Waals surface area contributed by atoms with E-state index in [0.29, 0.717) is 6.04 Å². The van der Waals surface area contributed by atoms with Crippen molar-refractivity contribution in [2.75, 3.05) is 40.3 Å². The van der Waals surface area contributed by atoms with Crippen molar-refractivity contribution in [2.24, 2.45) is 5.73 Å². The fraction of sp³-hybridized carbons (Fsp3) is 1.00. The van der Waals surface area contributed by atoms with Gasteiger partial charge >= 0.3 is 0 Å². The molecular weight excluding hydrogens is 214 g/mol. The summed E-state index contributed by atoms with van der Waals surface area (Å²) in [6.45, 7) is 9.57. The molecule has 0 aromatic heterocycles. The summed E-state index contributed by atoms with van der Waals surface area (Å²) in [5, 5.41) is 9.22. The van der Waals surface area contributed by atoms with Gasteiger partial charge in [0, 0.05) is 24.7 Å². The van der Waals surface area contributed by atoms with E-state index in [1.165, 1.54) is 0 Å². The van der Waals surface area contributed by atoms with Crippen LogP contribution in [0.1, 0.15) is 33.6 Å². The molecule has 0 amide bonds. The van der Waals surface area contributed by atoms with Gasteiger partial charge in [0.25, 0.3) is 0 Å². The Kier molecular flexibility index (Phi) is 7.96. The van der Waals surface area contributed by atoms with E-state index >= 15 is 0 Å². The van der Waals surface area contributed by atoms with Crippen LogP contribution in [0.2, 0.25) is 0 Å². The first-order valence-corrected chi connectivity index (χ1v) is 6.61. The topological polar surface area (TPSA) is 52.7 Å². The molecule has 0 saturated heterocycles. The van der Waals surface area contributed by atoms with Crippen molar-refractivity contribution in [3.63, 3.8) is 0 Å². The molecule has 0 fully saturated rings. The maximum atomic E-state index is 9.22. The van der Waals surface area contributed by atoms with Crippen LogP contribution in [-0.4, -0.2) is 66.8 Å². The monoisotopic (exact) mass is 245 g/mol. The fourth-order valence-corrected chi connectivity index (χ4v) is 2.04. The summed E-state index contributed by atoms with van der Waals surface area (Å²) >= 11 is 0. The lowest BCUT2D eigenvalue weighted by Crippen LogP contribution is -2.48. The Balaban J connectivity index is 4.27. The number of hydrogen-bond acceptors (Lipinski definition) is 4. The Hall–Kier alpha value is -0.160. The molecule has 17 heavy (non-hydrogen) atoms. The Bertz CT molecular complexity index is 195. The van der Waals surface area contributed by atoms with E-state index in [4.69, 9.17) is 5.73 Å². The average Bonchev–Trinajstić information content (AvgIpc) is 2.23. The Morgan fingerprint density at radius 2 is 1.82 bits per heavy atom. The average molecular weight is 245 g/mol. The molecule has 104 valence electrons. The van der Waals surface area contributed by atoms with Gasteiger partial charge in [-0.1, -0.05) is 6.92 Å². The highest BCUT2D eigenvalue weighted by molar-refractivity contribution is 4.83. The minimum atomic E-state index is -0.469. The van der Waals surface area contributed by atoms with Gasteiger partial charge in [0.05, 0.1) is 6.61 Å². The predicted molar refractivity (Wildman–Crippen MR) is 74.2 cm³/mol. The second-order valence-corrected chi connectivity index (χ2v) is 5.70. The summed E-state index contributed by atoms with van der Waals surface area (Å²) in [4.78, 5) is 4.66. The number of nitrogens with two attached hydrogens (primary N) is 1. The quantitative estimate of drug-likeness (QED) is 0.629. The van der Waals surface area contributed by atoms with Crippen molar-refractivity contribution in [1.82, 2.24) is 9.80 Å². The van der Waals surface area contributed by atoms with Crippen LogP contribution in [-0.2, 0) is 0 Å². The minimum Gasteiger partial charge on any atom is -0.394 e. The molecule has 4 nitrogen and oxygen atoms in total. The molecular formula is C13H31N3O. The van der Waals surface area contributed by atoms with E-state index in [1.807, 2.05) is 6.92 Å². The van der Waals surface area contributed by atoms with Gasteiger partial charge in [0.15, 0.2) is 0 Å². The lowest BCUT2D eigenvalue weighted by molar-refractivity contribution is 0.130. The molecule has 4 heteroatoms. The van der Waals surface area contributed by atoms with E-state index in [2.05, 4.69) is 37.7 Å². The summed E-state index contributed by atoms with van der Waals surface area (Å²) < 4.78 is 0. The third-order valence-corrected chi connectivity index (χ3v) is 3.09. The van der Waals surface area contributed by atoms with E-state index in [1.54, 1.807) is 0 Å². The van der Waals surface area contributed by atoms with Crippen molar-refractivity contribution >= 4 is 0 Å². The number of likely N-dealkylation sites (N-methyl/N-ethyl adjacent to an activating group) is 1. The van der Waals surface area contributed by atoms with Crippen LogP contribution in [0.5, 0.6) is 0 Å². The standard InChI is InChI=1S/C13H31N3O/c1-6-7-16(9-8-15(4)5)12(2)10-13(3,14)11-17/h12,17H,6-11,14H2,1-5H3. The number of rotatable bonds is 9. The summed E-state index contributed by atoms with van der Waals surface area (Å²) in [5.74, 6) is 0. The van der Waals surface area contributed by atoms with E-state index < -0.39 is 5.54 Å². The highest BCUT2D eigenvalue weighted by Crippen LogP contribution is 2.13. The summed E-state index contributed by atoms with van der Waals surface area (Å²) in [5.41, 5.74) is 5.55. The molecule has 0 aliphatic rings.